The van der Waals surface area contributed by atoms with Crippen LogP contribution in [0.3, 0.4) is 0 Å². The van der Waals surface area contributed by atoms with Gasteiger partial charge in [0, 0.05) is 6.54 Å². The standard InChI is InChI=1S/C12H17NO/c1-9(2)12(6-7-13)10-4-3-5-11(14)8-10/h3-6,8-9,14H,7,13H2,1-2H3/b12-6-. The van der Waals surface area contributed by atoms with Crippen molar-refractivity contribution in [1.82, 2.24) is 0 Å². The van der Waals surface area contributed by atoms with Crippen LogP contribution in [0.5, 0.6) is 5.75 Å². The summed E-state index contributed by atoms with van der Waals surface area (Å²) in [6, 6.07) is 7.27. The lowest BCUT2D eigenvalue weighted by Crippen LogP contribution is -2.00. The summed E-state index contributed by atoms with van der Waals surface area (Å²) in [4.78, 5) is 0. The van der Waals surface area contributed by atoms with E-state index in [1.165, 1.54) is 5.57 Å². The molecule has 0 bridgehead atoms. The minimum atomic E-state index is 0.297. The molecule has 0 amide bonds. The summed E-state index contributed by atoms with van der Waals surface area (Å²) in [5.41, 5.74) is 7.73. The lowest BCUT2D eigenvalue weighted by atomic mass is 9.95. The van der Waals surface area contributed by atoms with Crippen LogP contribution in [0.2, 0.25) is 0 Å². The van der Waals surface area contributed by atoms with E-state index in [1.807, 2.05) is 18.2 Å². The summed E-state index contributed by atoms with van der Waals surface area (Å²) in [5.74, 6) is 0.714. The predicted octanol–water partition coefficient (Wildman–Crippen LogP) is 2.39. The van der Waals surface area contributed by atoms with Gasteiger partial charge in [0.2, 0.25) is 0 Å². The highest BCUT2D eigenvalue weighted by Crippen LogP contribution is 2.25. The van der Waals surface area contributed by atoms with Gasteiger partial charge < -0.3 is 10.8 Å². The minimum Gasteiger partial charge on any atom is -0.508 e. The van der Waals surface area contributed by atoms with Crippen molar-refractivity contribution in [3.63, 3.8) is 0 Å². The van der Waals surface area contributed by atoms with Gasteiger partial charge in [-0.2, -0.15) is 0 Å². The number of phenolic OH excluding ortho intramolecular Hbond substituents is 1. The van der Waals surface area contributed by atoms with E-state index < -0.39 is 0 Å². The summed E-state index contributed by atoms with van der Waals surface area (Å²) in [5, 5.41) is 9.35. The largest absolute Gasteiger partial charge is 0.508 e. The van der Waals surface area contributed by atoms with Crippen LogP contribution in [0.1, 0.15) is 19.4 Å². The zero-order valence-electron chi connectivity index (χ0n) is 8.70. The number of nitrogens with two attached hydrogens (primary N) is 1. The van der Waals surface area contributed by atoms with Crippen molar-refractivity contribution < 1.29 is 5.11 Å². The van der Waals surface area contributed by atoms with E-state index in [9.17, 15) is 5.11 Å². The molecule has 0 aliphatic carbocycles. The zero-order chi connectivity index (χ0) is 10.6. The van der Waals surface area contributed by atoms with E-state index in [0.29, 0.717) is 18.2 Å². The summed E-state index contributed by atoms with van der Waals surface area (Å²) in [7, 11) is 0. The highest BCUT2D eigenvalue weighted by Gasteiger charge is 2.05. The molecule has 14 heavy (non-hydrogen) atoms. The van der Waals surface area contributed by atoms with E-state index >= 15 is 0 Å². The highest BCUT2D eigenvalue weighted by atomic mass is 16.3. The predicted molar refractivity (Wildman–Crippen MR) is 60.0 cm³/mol. The molecular formula is C12H17NO. The first kappa shape index (κ1) is 10.8. The van der Waals surface area contributed by atoms with E-state index in [0.717, 1.165) is 5.56 Å². The van der Waals surface area contributed by atoms with Gasteiger partial charge in [-0.05, 0) is 29.2 Å². The minimum absolute atomic E-state index is 0.297. The Bertz CT molecular complexity index is 329. The third-order valence-electron chi connectivity index (χ3n) is 2.14. The highest BCUT2D eigenvalue weighted by molar-refractivity contribution is 5.68. The quantitative estimate of drug-likeness (QED) is 0.770. The van der Waals surface area contributed by atoms with Crippen molar-refractivity contribution in [2.45, 2.75) is 13.8 Å². The number of hydrogen-bond acceptors (Lipinski definition) is 2. The molecule has 0 aliphatic rings. The summed E-state index contributed by atoms with van der Waals surface area (Å²) >= 11 is 0. The number of hydrogen-bond donors (Lipinski definition) is 2. The Labute approximate surface area is 85.1 Å². The lowest BCUT2D eigenvalue weighted by Gasteiger charge is -2.11. The molecular weight excluding hydrogens is 174 g/mol. The smallest absolute Gasteiger partial charge is 0.116 e. The average molecular weight is 191 g/mol. The third kappa shape index (κ3) is 2.60. The fraction of sp³-hybridized carbons (Fsp3) is 0.333. The maximum atomic E-state index is 9.35. The van der Waals surface area contributed by atoms with Gasteiger partial charge in [0.25, 0.3) is 0 Å². The molecule has 1 aromatic rings. The van der Waals surface area contributed by atoms with Gasteiger partial charge >= 0.3 is 0 Å². The summed E-state index contributed by atoms with van der Waals surface area (Å²) in [6.45, 7) is 4.76. The zero-order valence-corrected chi connectivity index (χ0v) is 8.70. The second kappa shape index (κ2) is 4.82. The van der Waals surface area contributed by atoms with Crippen molar-refractivity contribution in [3.05, 3.63) is 35.9 Å². The SMILES string of the molecule is CC(C)/C(=C/CN)c1cccc(O)c1. The number of benzene rings is 1. The van der Waals surface area contributed by atoms with Gasteiger partial charge in [0.05, 0.1) is 0 Å². The average Bonchev–Trinajstić information content (AvgIpc) is 2.13. The van der Waals surface area contributed by atoms with Crippen LogP contribution in [0.25, 0.3) is 5.57 Å². The Hall–Kier alpha value is -1.28. The Morgan fingerprint density at radius 2 is 2.21 bits per heavy atom. The molecule has 1 rings (SSSR count). The summed E-state index contributed by atoms with van der Waals surface area (Å²) in [6.07, 6.45) is 2.00. The van der Waals surface area contributed by atoms with Crippen LogP contribution in [0, 0.1) is 5.92 Å². The molecule has 2 nitrogen and oxygen atoms in total. The maximum absolute atomic E-state index is 9.35. The van der Waals surface area contributed by atoms with Gasteiger partial charge in [0.15, 0.2) is 0 Å². The van der Waals surface area contributed by atoms with Crippen LogP contribution in [-0.2, 0) is 0 Å². The maximum Gasteiger partial charge on any atom is 0.116 e. The Morgan fingerprint density at radius 1 is 1.50 bits per heavy atom. The molecule has 0 saturated carbocycles. The molecule has 0 heterocycles. The number of phenols is 1. The van der Waals surface area contributed by atoms with Crippen molar-refractivity contribution in [2.75, 3.05) is 6.54 Å². The number of aromatic hydroxyl groups is 1. The Morgan fingerprint density at radius 3 is 2.71 bits per heavy atom. The molecule has 0 unspecified atom stereocenters. The number of allylic oxidation sites excluding steroid dienone is 1. The molecule has 0 atom stereocenters. The second-order valence-electron chi connectivity index (χ2n) is 3.60. The van der Waals surface area contributed by atoms with Gasteiger partial charge in [-0.15, -0.1) is 0 Å². The normalized spacial score (nSPS) is 12.1. The van der Waals surface area contributed by atoms with Gasteiger partial charge in [-0.3, -0.25) is 0 Å². The van der Waals surface area contributed by atoms with Crippen LogP contribution < -0.4 is 5.73 Å². The molecule has 76 valence electrons. The van der Waals surface area contributed by atoms with Crippen molar-refractivity contribution in [3.8, 4) is 5.75 Å². The van der Waals surface area contributed by atoms with E-state index in [2.05, 4.69) is 13.8 Å². The van der Waals surface area contributed by atoms with Crippen molar-refractivity contribution in [1.29, 1.82) is 0 Å². The van der Waals surface area contributed by atoms with Gasteiger partial charge in [0.1, 0.15) is 5.75 Å². The molecule has 0 saturated heterocycles. The Kier molecular flexibility index (Phi) is 3.72. The Balaban J connectivity index is 3.06. The fourth-order valence-corrected chi connectivity index (χ4v) is 1.50. The third-order valence-corrected chi connectivity index (χ3v) is 2.14. The molecule has 0 aliphatic heterocycles. The molecule has 0 spiro atoms. The molecule has 3 N–H and O–H groups in total. The van der Waals surface area contributed by atoms with Crippen LogP contribution >= 0.6 is 0 Å². The molecule has 2 heteroatoms. The second-order valence-corrected chi connectivity index (χ2v) is 3.60. The fourth-order valence-electron chi connectivity index (χ4n) is 1.50. The van der Waals surface area contributed by atoms with E-state index in [1.54, 1.807) is 12.1 Å². The lowest BCUT2D eigenvalue weighted by molar-refractivity contribution is 0.475. The first-order chi connectivity index (χ1) is 6.65. The van der Waals surface area contributed by atoms with E-state index in [-0.39, 0.29) is 0 Å². The monoisotopic (exact) mass is 191 g/mol. The summed E-state index contributed by atoms with van der Waals surface area (Å²) < 4.78 is 0. The van der Waals surface area contributed by atoms with Crippen molar-refractivity contribution in [2.24, 2.45) is 11.7 Å². The molecule has 1 aromatic carbocycles. The van der Waals surface area contributed by atoms with Crippen LogP contribution in [-0.4, -0.2) is 11.7 Å². The van der Waals surface area contributed by atoms with Crippen LogP contribution in [0.4, 0.5) is 0 Å². The van der Waals surface area contributed by atoms with Crippen molar-refractivity contribution >= 4 is 5.57 Å². The van der Waals surface area contributed by atoms with Gasteiger partial charge in [-0.1, -0.05) is 32.1 Å². The topological polar surface area (TPSA) is 46.2 Å². The molecule has 0 radical (unpaired) electrons. The van der Waals surface area contributed by atoms with Gasteiger partial charge in [-0.25, -0.2) is 0 Å². The first-order valence-corrected chi connectivity index (χ1v) is 4.84. The molecule has 0 aromatic heterocycles. The number of rotatable bonds is 3. The molecule has 0 fully saturated rings. The van der Waals surface area contributed by atoms with Crippen LogP contribution in [0.15, 0.2) is 30.3 Å². The first-order valence-electron chi connectivity index (χ1n) is 4.84. The van der Waals surface area contributed by atoms with E-state index in [4.69, 9.17) is 5.73 Å².